The van der Waals surface area contributed by atoms with Crippen LogP contribution in [0.15, 0.2) is 0 Å². The first-order valence-corrected chi connectivity index (χ1v) is 6.64. The summed E-state index contributed by atoms with van der Waals surface area (Å²) >= 11 is 0. The third kappa shape index (κ3) is 9.24. The lowest BCUT2D eigenvalue weighted by Crippen LogP contribution is -2.24. The molecule has 0 aromatic heterocycles. The van der Waals surface area contributed by atoms with Crippen LogP contribution in [0.1, 0.15) is 46.0 Å². The molecule has 0 heterocycles. The van der Waals surface area contributed by atoms with Gasteiger partial charge in [0.2, 0.25) is 0 Å². The molecule has 0 saturated heterocycles. The van der Waals surface area contributed by atoms with Gasteiger partial charge in [-0.1, -0.05) is 26.7 Å². The molecule has 0 bridgehead atoms. The molecule has 0 aliphatic rings. The maximum Gasteiger partial charge on any atom is 0.505 e. The molecular formula is C13H26O5. The Balaban J connectivity index is 3.92. The van der Waals surface area contributed by atoms with Crippen LogP contribution in [-0.2, 0) is 14.2 Å². The van der Waals surface area contributed by atoms with E-state index in [-0.39, 0.29) is 18.8 Å². The molecule has 0 amide bonds. The van der Waals surface area contributed by atoms with Crippen LogP contribution in [0.25, 0.3) is 0 Å². The Labute approximate surface area is 109 Å². The van der Waals surface area contributed by atoms with Crippen molar-refractivity contribution in [1.29, 1.82) is 0 Å². The molecule has 0 rings (SSSR count). The lowest BCUT2D eigenvalue weighted by molar-refractivity contribution is -0.0403. The van der Waals surface area contributed by atoms with Crippen molar-refractivity contribution in [2.45, 2.75) is 58.2 Å². The number of hydrogen-bond donors (Lipinski definition) is 1. The summed E-state index contributed by atoms with van der Waals surface area (Å²) in [6, 6.07) is 0. The van der Waals surface area contributed by atoms with Crippen molar-refractivity contribution in [3.8, 4) is 0 Å². The monoisotopic (exact) mass is 262 g/mol. The van der Waals surface area contributed by atoms with Gasteiger partial charge in [-0.05, 0) is 12.8 Å². The second-order valence-corrected chi connectivity index (χ2v) is 4.27. The van der Waals surface area contributed by atoms with Gasteiger partial charge in [-0.3, -0.25) is 0 Å². The Morgan fingerprint density at radius 1 is 1.22 bits per heavy atom. The zero-order valence-electron chi connectivity index (χ0n) is 11.7. The van der Waals surface area contributed by atoms with Crippen molar-refractivity contribution in [2.75, 3.05) is 20.3 Å². The molecule has 2 unspecified atom stereocenters. The predicted molar refractivity (Wildman–Crippen MR) is 68.9 cm³/mol. The number of methoxy groups -OCH3 is 1. The first-order valence-electron chi connectivity index (χ1n) is 6.64. The van der Waals surface area contributed by atoms with Gasteiger partial charge >= 0.3 is 6.16 Å². The van der Waals surface area contributed by atoms with Gasteiger partial charge in [-0.15, -0.1) is 0 Å². The van der Waals surface area contributed by atoms with E-state index in [1.807, 2.05) is 6.92 Å². The van der Waals surface area contributed by atoms with Gasteiger partial charge in [-0.25, -0.2) is 4.79 Å². The van der Waals surface area contributed by atoms with E-state index >= 15 is 0 Å². The van der Waals surface area contributed by atoms with Gasteiger partial charge in [0.15, 0.2) is 0 Å². The highest BCUT2D eigenvalue weighted by atomic mass is 16.7. The minimum atomic E-state index is -1.23. The minimum Gasteiger partial charge on any atom is -0.450 e. The number of ether oxygens (including phenoxy) is 3. The topological polar surface area (TPSA) is 65.0 Å². The highest BCUT2D eigenvalue weighted by Gasteiger charge is 2.13. The molecule has 0 saturated carbocycles. The number of rotatable bonds is 11. The van der Waals surface area contributed by atoms with Crippen LogP contribution >= 0.6 is 0 Å². The van der Waals surface area contributed by atoms with Crippen molar-refractivity contribution < 1.29 is 24.1 Å². The summed E-state index contributed by atoms with van der Waals surface area (Å²) in [6.45, 7) is 4.91. The molecule has 108 valence electrons. The molecule has 0 aromatic rings. The van der Waals surface area contributed by atoms with Crippen molar-refractivity contribution in [2.24, 2.45) is 0 Å². The number of carbonyl (C=O) groups is 1. The van der Waals surface area contributed by atoms with E-state index < -0.39 is 6.16 Å². The van der Waals surface area contributed by atoms with E-state index in [1.165, 1.54) is 0 Å². The van der Waals surface area contributed by atoms with Crippen LogP contribution < -0.4 is 0 Å². The van der Waals surface area contributed by atoms with E-state index in [0.717, 1.165) is 25.7 Å². The second kappa shape index (κ2) is 11.3. The Morgan fingerprint density at radius 3 is 2.44 bits per heavy atom. The second-order valence-electron chi connectivity index (χ2n) is 4.27. The van der Waals surface area contributed by atoms with Crippen molar-refractivity contribution in [3.63, 3.8) is 0 Å². The summed E-state index contributed by atoms with van der Waals surface area (Å²) in [5.41, 5.74) is 0. The molecule has 2 atom stereocenters. The first kappa shape index (κ1) is 17.2. The molecule has 18 heavy (non-hydrogen) atoms. The number of carboxylic acid groups (broad SMARTS) is 1. The van der Waals surface area contributed by atoms with Gasteiger partial charge in [0.1, 0.15) is 0 Å². The van der Waals surface area contributed by atoms with Gasteiger partial charge in [0.05, 0.1) is 25.4 Å². The molecule has 5 nitrogen and oxygen atoms in total. The molecule has 0 radical (unpaired) electrons. The van der Waals surface area contributed by atoms with E-state index in [4.69, 9.17) is 14.6 Å². The van der Waals surface area contributed by atoms with Crippen LogP contribution in [0.4, 0.5) is 4.79 Å². The summed E-state index contributed by atoms with van der Waals surface area (Å²) in [5, 5.41) is 8.41. The lowest BCUT2D eigenvalue weighted by Gasteiger charge is -2.20. The zero-order valence-corrected chi connectivity index (χ0v) is 11.7. The normalized spacial score (nSPS) is 14.2. The Morgan fingerprint density at radius 2 is 1.94 bits per heavy atom. The third-order valence-electron chi connectivity index (χ3n) is 2.85. The highest BCUT2D eigenvalue weighted by Crippen LogP contribution is 2.11. The Kier molecular flexibility index (Phi) is 10.8. The van der Waals surface area contributed by atoms with Gasteiger partial charge in [-0.2, -0.15) is 0 Å². The van der Waals surface area contributed by atoms with Crippen LogP contribution in [0.3, 0.4) is 0 Å². The fraction of sp³-hybridized carbons (Fsp3) is 0.923. The minimum absolute atomic E-state index is 0.0495. The largest absolute Gasteiger partial charge is 0.505 e. The quantitative estimate of drug-likeness (QED) is 0.580. The van der Waals surface area contributed by atoms with Gasteiger partial charge < -0.3 is 19.3 Å². The number of hydrogen-bond acceptors (Lipinski definition) is 4. The van der Waals surface area contributed by atoms with Gasteiger partial charge in [0, 0.05) is 13.5 Å². The molecular weight excluding hydrogens is 236 g/mol. The van der Waals surface area contributed by atoms with Crippen molar-refractivity contribution in [1.82, 2.24) is 0 Å². The third-order valence-corrected chi connectivity index (χ3v) is 2.85. The molecule has 0 fully saturated rings. The highest BCUT2D eigenvalue weighted by molar-refractivity contribution is 5.56. The van der Waals surface area contributed by atoms with Crippen LogP contribution in [0, 0.1) is 0 Å². The summed E-state index contributed by atoms with van der Waals surface area (Å²) in [7, 11) is 1.67. The molecule has 0 aliphatic heterocycles. The zero-order chi connectivity index (χ0) is 13.8. The average molecular weight is 262 g/mol. The smallest absolute Gasteiger partial charge is 0.450 e. The van der Waals surface area contributed by atoms with Crippen LogP contribution in [-0.4, -0.2) is 43.8 Å². The van der Waals surface area contributed by atoms with Crippen LogP contribution in [0.5, 0.6) is 0 Å². The van der Waals surface area contributed by atoms with E-state index in [2.05, 4.69) is 11.7 Å². The van der Waals surface area contributed by atoms with Crippen molar-refractivity contribution >= 4 is 6.16 Å². The maximum atomic E-state index is 10.3. The first-order chi connectivity index (χ1) is 8.63. The lowest BCUT2D eigenvalue weighted by atomic mass is 10.1. The summed E-state index contributed by atoms with van der Waals surface area (Å²) < 4.78 is 15.5. The molecule has 0 aromatic carbocycles. The molecule has 0 spiro atoms. The maximum absolute atomic E-state index is 10.3. The molecule has 5 heteroatoms. The van der Waals surface area contributed by atoms with Crippen LogP contribution in [0.2, 0.25) is 0 Å². The van der Waals surface area contributed by atoms with Crippen molar-refractivity contribution in [3.05, 3.63) is 0 Å². The van der Waals surface area contributed by atoms with E-state index in [9.17, 15) is 4.79 Å². The summed E-state index contributed by atoms with van der Waals surface area (Å²) in [6.07, 6.45) is 3.53. The summed E-state index contributed by atoms with van der Waals surface area (Å²) in [5.74, 6) is 0. The number of unbranched alkanes of at least 4 members (excludes halogenated alkanes) is 1. The Bertz CT molecular complexity index is 204. The predicted octanol–water partition coefficient (Wildman–Crippen LogP) is 3.07. The Hall–Kier alpha value is -0.810. The fourth-order valence-electron chi connectivity index (χ4n) is 1.62. The standard InChI is InChI=1S/C13H26O5/c1-4-6-7-12(8-9-17-13(14)15)18-10-11(5-2)16-3/h11-12H,4-10H2,1-3H3,(H,14,15). The molecule has 0 aliphatic carbocycles. The molecule has 1 N–H and O–H groups in total. The fourth-order valence-corrected chi connectivity index (χ4v) is 1.62. The van der Waals surface area contributed by atoms with E-state index in [1.54, 1.807) is 7.11 Å². The average Bonchev–Trinajstić information content (AvgIpc) is 2.35. The SMILES string of the molecule is CCCCC(CCOC(=O)O)OCC(CC)OC. The van der Waals surface area contributed by atoms with E-state index in [0.29, 0.717) is 13.0 Å². The summed E-state index contributed by atoms with van der Waals surface area (Å²) in [4.78, 5) is 10.3. The van der Waals surface area contributed by atoms with Gasteiger partial charge in [0.25, 0.3) is 0 Å².